The SMILES string of the molecule is c1ccc(Cc2nc(Nc3cccc4ccccc34)c3c4c(sc3n2)CCC4)cc1. The summed E-state index contributed by atoms with van der Waals surface area (Å²) in [4.78, 5) is 12.6. The third-order valence-corrected chi connectivity index (χ3v) is 7.04. The largest absolute Gasteiger partial charge is 0.339 e. The number of fused-ring (bicyclic) bond motifs is 4. The summed E-state index contributed by atoms with van der Waals surface area (Å²) in [6.07, 6.45) is 4.26. The summed E-state index contributed by atoms with van der Waals surface area (Å²) in [5.74, 6) is 1.82. The highest BCUT2D eigenvalue weighted by molar-refractivity contribution is 7.19. The van der Waals surface area contributed by atoms with Crippen LogP contribution in [0.3, 0.4) is 0 Å². The standard InChI is InChI=1S/C26H21N3S/c1-2-8-17(9-3-1)16-23-28-25(24-20-13-7-15-22(20)30-26(24)29-23)27-21-14-6-11-18-10-4-5-12-19(18)21/h1-6,8-12,14H,7,13,15-16H2,(H,27,28,29). The molecule has 5 aromatic rings. The molecular weight excluding hydrogens is 386 g/mol. The number of anilines is 2. The molecule has 0 atom stereocenters. The van der Waals surface area contributed by atoms with Gasteiger partial charge in [-0.3, -0.25) is 0 Å². The minimum absolute atomic E-state index is 0.740. The predicted octanol–water partition coefficient (Wildman–Crippen LogP) is 6.67. The predicted molar refractivity (Wildman–Crippen MR) is 126 cm³/mol. The number of hydrogen-bond donors (Lipinski definition) is 1. The lowest BCUT2D eigenvalue weighted by Gasteiger charge is -2.12. The summed E-state index contributed by atoms with van der Waals surface area (Å²) < 4.78 is 0. The monoisotopic (exact) mass is 407 g/mol. The lowest BCUT2D eigenvalue weighted by Crippen LogP contribution is -2.03. The molecule has 2 heterocycles. The first kappa shape index (κ1) is 17.6. The molecule has 3 nitrogen and oxygen atoms in total. The first-order valence-electron chi connectivity index (χ1n) is 10.4. The molecule has 0 fully saturated rings. The van der Waals surface area contributed by atoms with Crippen LogP contribution >= 0.6 is 11.3 Å². The van der Waals surface area contributed by atoms with Crippen molar-refractivity contribution in [1.82, 2.24) is 9.97 Å². The molecule has 0 spiro atoms. The fraction of sp³-hybridized carbons (Fsp3) is 0.154. The first-order chi connectivity index (χ1) is 14.8. The van der Waals surface area contributed by atoms with Crippen LogP contribution in [0.2, 0.25) is 0 Å². The summed E-state index contributed by atoms with van der Waals surface area (Å²) in [6, 6.07) is 25.4. The van der Waals surface area contributed by atoms with E-state index in [2.05, 4.69) is 72.0 Å². The average molecular weight is 408 g/mol. The number of benzene rings is 3. The number of hydrogen-bond acceptors (Lipinski definition) is 4. The highest BCUT2D eigenvalue weighted by atomic mass is 32.1. The Morgan fingerprint density at radius 2 is 1.67 bits per heavy atom. The Labute approximate surface area is 179 Å². The molecular formula is C26H21N3S. The van der Waals surface area contributed by atoms with Crippen molar-refractivity contribution in [1.29, 1.82) is 0 Å². The molecule has 0 amide bonds. The van der Waals surface area contributed by atoms with Gasteiger partial charge in [-0.1, -0.05) is 66.7 Å². The van der Waals surface area contributed by atoms with Crippen LogP contribution in [-0.4, -0.2) is 9.97 Å². The van der Waals surface area contributed by atoms with Crippen LogP contribution in [0.25, 0.3) is 21.0 Å². The molecule has 1 aliphatic carbocycles. The van der Waals surface area contributed by atoms with Crippen LogP contribution in [0, 0.1) is 0 Å². The molecule has 146 valence electrons. The first-order valence-corrected chi connectivity index (χ1v) is 11.3. The Morgan fingerprint density at radius 3 is 2.60 bits per heavy atom. The summed E-state index contributed by atoms with van der Waals surface area (Å²) >= 11 is 1.85. The molecule has 0 saturated carbocycles. The van der Waals surface area contributed by atoms with Crippen molar-refractivity contribution in [2.45, 2.75) is 25.7 Å². The molecule has 30 heavy (non-hydrogen) atoms. The minimum atomic E-state index is 0.740. The normalized spacial score (nSPS) is 13.1. The van der Waals surface area contributed by atoms with Gasteiger partial charge in [0, 0.05) is 22.4 Å². The van der Waals surface area contributed by atoms with E-state index in [-0.39, 0.29) is 0 Å². The molecule has 6 rings (SSSR count). The molecule has 2 aromatic heterocycles. The molecule has 3 aromatic carbocycles. The molecule has 0 unspecified atom stereocenters. The van der Waals surface area contributed by atoms with Crippen molar-refractivity contribution >= 4 is 43.8 Å². The van der Waals surface area contributed by atoms with E-state index >= 15 is 0 Å². The van der Waals surface area contributed by atoms with Crippen LogP contribution in [-0.2, 0) is 19.3 Å². The van der Waals surface area contributed by atoms with E-state index in [1.165, 1.54) is 38.6 Å². The van der Waals surface area contributed by atoms with Gasteiger partial charge >= 0.3 is 0 Å². The van der Waals surface area contributed by atoms with Crippen LogP contribution in [0.5, 0.6) is 0 Å². The zero-order valence-corrected chi connectivity index (χ0v) is 17.4. The van der Waals surface area contributed by atoms with Crippen LogP contribution in [0.1, 0.15) is 28.2 Å². The van der Waals surface area contributed by atoms with Gasteiger partial charge in [0.2, 0.25) is 0 Å². The fourth-order valence-electron chi connectivity index (χ4n) is 4.45. The fourth-order valence-corrected chi connectivity index (χ4v) is 5.73. The van der Waals surface area contributed by atoms with E-state index in [1.54, 1.807) is 0 Å². The van der Waals surface area contributed by atoms with Crippen LogP contribution in [0.4, 0.5) is 11.5 Å². The second-order valence-corrected chi connectivity index (χ2v) is 8.92. The second-order valence-electron chi connectivity index (χ2n) is 7.84. The van der Waals surface area contributed by atoms with E-state index in [1.807, 2.05) is 17.4 Å². The number of aromatic nitrogens is 2. The Hall–Kier alpha value is -3.24. The van der Waals surface area contributed by atoms with Crippen molar-refractivity contribution in [2.75, 3.05) is 5.32 Å². The van der Waals surface area contributed by atoms with Crippen molar-refractivity contribution in [3.05, 3.63) is 94.6 Å². The molecule has 1 aliphatic rings. The number of thiophene rings is 1. The van der Waals surface area contributed by atoms with Gasteiger partial charge in [-0.15, -0.1) is 11.3 Å². The maximum absolute atomic E-state index is 5.03. The highest BCUT2D eigenvalue weighted by Crippen LogP contribution is 2.41. The average Bonchev–Trinajstić information content (AvgIpc) is 3.36. The van der Waals surface area contributed by atoms with Crippen molar-refractivity contribution < 1.29 is 0 Å². The van der Waals surface area contributed by atoms with Gasteiger partial charge in [-0.2, -0.15) is 0 Å². The smallest absolute Gasteiger partial charge is 0.143 e. The number of rotatable bonds is 4. The number of nitrogens with one attached hydrogen (secondary N) is 1. The highest BCUT2D eigenvalue weighted by Gasteiger charge is 2.22. The van der Waals surface area contributed by atoms with Gasteiger partial charge in [-0.05, 0) is 41.8 Å². The maximum atomic E-state index is 5.03. The third kappa shape index (κ3) is 3.04. The number of nitrogens with zero attached hydrogens (tertiary/aromatic N) is 2. The maximum Gasteiger partial charge on any atom is 0.143 e. The van der Waals surface area contributed by atoms with E-state index in [0.29, 0.717) is 0 Å². The van der Waals surface area contributed by atoms with Gasteiger partial charge in [0.1, 0.15) is 16.5 Å². The molecule has 1 N–H and O–H groups in total. The van der Waals surface area contributed by atoms with Crippen molar-refractivity contribution in [3.63, 3.8) is 0 Å². The molecule has 0 bridgehead atoms. The van der Waals surface area contributed by atoms with Gasteiger partial charge in [0.05, 0.1) is 5.39 Å². The van der Waals surface area contributed by atoms with E-state index in [4.69, 9.17) is 9.97 Å². The van der Waals surface area contributed by atoms with Crippen molar-refractivity contribution in [3.8, 4) is 0 Å². The minimum Gasteiger partial charge on any atom is -0.339 e. The summed E-state index contributed by atoms with van der Waals surface area (Å²) in [7, 11) is 0. The lowest BCUT2D eigenvalue weighted by atomic mass is 10.1. The summed E-state index contributed by atoms with van der Waals surface area (Å²) in [6.45, 7) is 0. The third-order valence-electron chi connectivity index (χ3n) is 5.86. The quantitative estimate of drug-likeness (QED) is 0.362. The van der Waals surface area contributed by atoms with E-state index in [9.17, 15) is 0 Å². The Morgan fingerprint density at radius 1 is 0.833 bits per heavy atom. The Balaban J connectivity index is 1.50. The Kier molecular flexibility index (Phi) is 4.24. The Bertz CT molecular complexity index is 1370. The molecule has 0 radical (unpaired) electrons. The van der Waals surface area contributed by atoms with E-state index in [0.717, 1.165) is 41.4 Å². The summed E-state index contributed by atoms with van der Waals surface area (Å²) in [5, 5.41) is 7.35. The molecule has 4 heteroatoms. The van der Waals surface area contributed by atoms with Crippen LogP contribution < -0.4 is 5.32 Å². The van der Waals surface area contributed by atoms with Gasteiger partial charge in [-0.25, -0.2) is 9.97 Å². The number of aryl methyl sites for hydroxylation is 2. The zero-order chi connectivity index (χ0) is 19.9. The topological polar surface area (TPSA) is 37.8 Å². The van der Waals surface area contributed by atoms with E-state index < -0.39 is 0 Å². The van der Waals surface area contributed by atoms with Crippen molar-refractivity contribution in [2.24, 2.45) is 0 Å². The molecule has 0 aliphatic heterocycles. The van der Waals surface area contributed by atoms with Crippen LogP contribution in [0.15, 0.2) is 72.8 Å². The summed E-state index contributed by atoms with van der Waals surface area (Å²) in [5.41, 5.74) is 3.78. The molecule has 0 saturated heterocycles. The lowest BCUT2D eigenvalue weighted by molar-refractivity contribution is 0.916. The van der Waals surface area contributed by atoms with Gasteiger partial charge < -0.3 is 5.32 Å². The second kappa shape index (κ2) is 7.22. The zero-order valence-electron chi connectivity index (χ0n) is 16.6. The van der Waals surface area contributed by atoms with Gasteiger partial charge in [0.15, 0.2) is 0 Å². The van der Waals surface area contributed by atoms with Gasteiger partial charge in [0.25, 0.3) is 0 Å².